The maximum Gasteiger partial charge on any atom is 0.251 e. The number of carbonyl (C=O) groups is 1. The van der Waals surface area contributed by atoms with Crippen LogP contribution in [-0.4, -0.2) is 19.1 Å². The average Bonchev–Trinajstić information content (AvgIpc) is 2.41. The van der Waals surface area contributed by atoms with Gasteiger partial charge in [0.05, 0.1) is 11.6 Å². The van der Waals surface area contributed by atoms with E-state index in [2.05, 4.69) is 35.1 Å². The predicted octanol–water partition coefficient (Wildman–Crippen LogP) is 4.01. The fourth-order valence-corrected chi connectivity index (χ4v) is 3.48. The van der Waals surface area contributed by atoms with Crippen molar-refractivity contribution in [2.45, 2.75) is 39.2 Å². The summed E-state index contributed by atoms with van der Waals surface area (Å²) in [4.78, 5) is 12.3. The van der Waals surface area contributed by atoms with Crippen LogP contribution in [0.4, 0.5) is 0 Å². The van der Waals surface area contributed by atoms with E-state index in [0.717, 1.165) is 22.6 Å². The van der Waals surface area contributed by atoms with Gasteiger partial charge in [0, 0.05) is 11.6 Å². The Morgan fingerprint density at radius 1 is 1.35 bits per heavy atom. The molecule has 3 nitrogen and oxygen atoms in total. The van der Waals surface area contributed by atoms with Gasteiger partial charge in [-0.05, 0) is 65.2 Å². The van der Waals surface area contributed by atoms with Gasteiger partial charge in [0.25, 0.3) is 5.91 Å². The molecular formula is C16H22BrNO2. The van der Waals surface area contributed by atoms with E-state index < -0.39 is 0 Å². The zero-order valence-corrected chi connectivity index (χ0v) is 13.9. The number of hydrogen-bond donors (Lipinski definition) is 1. The fourth-order valence-electron chi connectivity index (χ4n) is 2.94. The third-order valence-electron chi connectivity index (χ3n) is 4.16. The molecule has 3 atom stereocenters. The van der Waals surface area contributed by atoms with Crippen molar-refractivity contribution in [3.63, 3.8) is 0 Å². The second kappa shape index (κ2) is 6.61. The minimum Gasteiger partial charge on any atom is -0.496 e. The molecule has 1 fully saturated rings. The Balaban J connectivity index is 2.03. The first-order valence-corrected chi connectivity index (χ1v) is 7.95. The van der Waals surface area contributed by atoms with Crippen LogP contribution in [-0.2, 0) is 0 Å². The number of benzene rings is 1. The smallest absolute Gasteiger partial charge is 0.251 e. The molecule has 1 aliphatic carbocycles. The first-order valence-electron chi connectivity index (χ1n) is 7.15. The second-order valence-corrected chi connectivity index (χ2v) is 6.68. The number of methoxy groups -OCH3 is 1. The first-order chi connectivity index (χ1) is 9.51. The van der Waals surface area contributed by atoms with Gasteiger partial charge in [0.2, 0.25) is 0 Å². The van der Waals surface area contributed by atoms with E-state index in [9.17, 15) is 4.79 Å². The van der Waals surface area contributed by atoms with Crippen molar-refractivity contribution in [1.29, 1.82) is 0 Å². The van der Waals surface area contributed by atoms with Crippen molar-refractivity contribution in [3.8, 4) is 5.75 Å². The Kier molecular flexibility index (Phi) is 5.08. The molecule has 4 heteroatoms. The molecule has 0 aromatic heterocycles. The molecule has 1 aromatic rings. The molecule has 20 heavy (non-hydrogen) atoms. The van der Waals surface area contributed by atoms with Crippen molar-refractivity contribution >= 4 is 21.8 Å². The summed E-state index contributed by atoms with van der Waals surface area (Å²) in [5.41, 5.74) is 0.670. The lowest BCUT2D eigenvalue weighted by Gasteiger charge is -2.33. The monoisotopic (exact) mass is 339 g/mol. The van der Waals surface area contributed by atoms with Gasteiger partial charge in [-0.2, -0.15) is 0 Å². The van der Waals surface area contributed by atoms with Crippen LogP contribution in [0.15, 0.2) is 22.7 Å². The number of amides is 1. The molecule has 3 unspecified atom stereocenters. The SMILES string of the molecule is COc1ccc(C(=O)NC2CCC(C)CC2C)cc1Br. The lowest BCUT2D eigenvalue weighted by Crippen LogP contribution is -2.42. The van der Waals surface area contributed by atoms with Crippen LogP contribution in [0.5, 0.6) is 5.75 Å². The summed E-state index contributed by atoms with van der Waals surface area (Å²) in [5.74, 6) is 2.05. The van der Waals surface area contributed by atoms with Crippen LogP contribution in [0.3, 0.4) is 0 Å². The summed E-state index contributed by atoms with van der Waals surface area (Å²) < 4.78 is 5.98. The molecule has 0 saturated heterocycles. The molecule has 1 saturated carbocycles. The van der Waals surface area contributed by atoms with E-state index in [0.29, 0.717) is 17.5 Å². The molecule has 0 radical (unpaired) electrons. The molecule has 1 aromatic carbocycles. The summed E-state index contributed by atoms with van der Waals surface area (Å²) in [6.45, 7) is 4.51. The zero-order chi connectivity index (χ0) is 14.7. The van der Waals surface area contributed by atoms with Crippen LogP contribution in [0.1, 0.15) is 43.5 Å². The van der Waals surface area contributed by atoms with Gasteiger partial charge in [-0.3, -0.25) is 4.79 Å². The molecule has 0 heterocycles. The first kappa shape index (κ1) is 15.4. The number of rotatable bonds is 3. The highest BCUT2D eigenvalue weighted by atomic mass is 79.9. The van der Waals surface area contributed by atoms with Crippen LogP contribution in [0.25, 0.3) is 0 Å². The van der Waals surface area contributed by atoms with Crippen molar-refractivity contribution < 1.29 is 9.53 Å². The van der Waals surface area contributed by atoms with Crippen molar-refractivity contribution in [3.05, 3.63) is 28.2 Å². The molecule has 2 rings (SSSR count). The molecule has 1 aliphatic rings. The van der Waals surface area contributed by atoms with Crippen LogP contribution in [0, 0.1) is 11.8 Å². The third kappa shape index (κ3) is 3.54. The van der Waals surface area contributed by atoms with E-state index >= 15 is 0 Å². The number of ether oxygens (including phenoxy) is 1. The molecule has 0 aliphatic heterocycles. The largest absolute Gasteiger partial charge is 0.496 e. The van der Waals surface area contributed by atoms with Gasteiger partial charge < -0.3 is 10.1 Å². The average molecular weight is 340 g/mol. The number of hydrogen-bond acceptors (Lipinski definition) is 2. The summed E-state index contributed by atoms with van der Waals surface area (Å²) >= 11 is 3.42. The minimum atomic E-state index is -0.000226. The van der Waals surface area contributed by atoms with E-state index in [1.807, 2.05) is 12.1 Å². The van der Waals surface area contributed by atoms with Crippen LogP contribution >= 0.6 is 15.9 Å². The highest BCUT2D eigenvalue weighted by Crippen LogP contribution is 2.29. The third-order valence-corrected chi connectivity index (χ3v) is 4.78. The molecule has 0 spiro atoms. The van der Waals surface area contributed by atoms with E-state index in [1.165, 1.54) is 12.8 Å². The summed E-state index contributed by atoms with van der Waals surface area (Å²) in [5, 5.41) is 3.17. The van der Waals surface area contributed by atoms with Crippen molar-refractivity contribution in [2.24, 2.45) is 11.8 Å². The lowest BCUT2D eigenvalue weighted by molar-refractivity contribution is 0.0899. The number of carbonyl (C=O) groups excluding carboxylic acids is 1. The molecule has 0 bridgehead atoms. The summed E-state index contributed by atoms with van der Waals surface area (Å²) in [6.07, 6.45) is 3.46. The quantitative estimate of drug-likeness (QED) is 0.903. The van der Waals surface area contributed by atoms with Crippen molar-refractivity contribution in [1.82, 2.24) is 5.32 Å². The van der Waals surface area contributed by atoms with Gasteiger partial charge in [0.1, 0.15) is 5.75 Å². The molecular weight excluding hydrogens is 318 g/mol. The Morgan fingerprint density at radius 3 is 2.70 bits per heavy atom. The van der Waals surface area contributed by atoms with Gasteiger partial charge in [-0.15, -0.1) is 0 Å². The minimum absolute atomic E-state index is 0.000226. The maximum absolute atomic E-state index is 12.3. The van der Waals surface area contributed by atoms with Gasteiger partial charge in [-0.25, -0.2) is 0 Å². The molecule has 110 valence electrons. The van der Waals surface area contributed by atoms with Crippen molar-refractivity contribution in [2.75, 3.05) is 7.11 Å². The highest BCUT2D eigenvalue weighted by Gasteiger charge is 2.26. The summed E-state index contributed by atoms with van der Waals surface area (Å²) in [6, 6.07) is 5.71. The predicted molar refractivity (Wildman–Crippen MR) is 84.1 cm³/mol. The Bertz CT molecular complexity index is 489. The lowest BCUT2D eigenvalue weighted by atomic mass is 9.80. The zero-order valence-electron chi connectivity index (χ0n) is 12.3. The van der Waals surface area contributed by atoms with E-state index in [1.54, 1.807) is 13.2 Å². The normalized spacial score (nSPS) is 26.1. The number of halogens is 1. The fraction of sp³-hybridized carbons (Fsp3) is 0.562. The number of nitrogens with one attached hydrogen (secondary N) is 1. The Morgan fingerprint density at radius 2 is 2.10 bits per heavy atom. The molecule has 1 amide bonds. The van der Waals surface area contributed by atoms with Gasteiger partial charge in [0.15, 0.2) is 0 Å². The Labute approximate surface area is 129 Å². The highest BCUT2D eigenvalue weighted by molar-refractivity contribution is 9.10. The molecule has 1 N–H and O–H groups in total. The van der Waals surface area contributed by atoms with E-state index in [-0.39, 0.29) is 5.91 Å². The van der Waals surface area contributed by atoms with Gasteiger partial charge >= 0.3 is 0 Å². The summed E-state index contributed by atoms with van der Waals surface area (Å²) in [7, 11) is 1.62. The van der Waals surface area contributed by atoms with Crippen LogP contribution in [0.2, 0.25) is 0 Å². The topological polar surface area (TPSA) is 38.3 Å². The standard InChI is InChI=1S/C16H22BrNO2/c1-10-4-6-14(11(2)8-10)18-16(19)12-5-7-15(20-3)13(17)9-12/h5,7,9-11,14H,4,6,8H2,1-3H3,(H,18,19). The maximum atomic E-state index is 12.3. The Hall–Kier alpha value is -1.03. The van der Waals surface area contributed by atoms with Gasteiger partial charge in [-0.1, -0.05) is 13.8 Å². The second-order valence-electron chi connectivity index (χ2n) is 5.82. The van der Waals surface area contributed by atoms with E-state index in [4.69, 9.17) is 4.74 Å². The van der Waals surface area contributed by atoms with Crippen LogP contribution < -0.4 is 10.1 Å².